The first-order chi connectivity index (χ1) is 11.3. The van der Waals surface area contributed by atoms with Crippen molar-refractivity contribution in [2.24, 2.45) is 5.92 Å². The van der Waals surface area contributed by atoms with E-state index in [1.807, 2.05) is 12.1 Å². The second kappa shape index (κ2) is 6.24. The molecule has 1 aliphatic heterocycles. The molecular formula is C18H20FN3O. The van der Waals surface area contributed by atoms with Gasteiger partial charge in [-0.2, -0.15) is 0 Å². The highest BCUT2D eigenvalue weighted by Crippen LogP contribution is 2.35. The molecule has 1 N–H and O–H groups in total. The zero-order chi connectivity index (χ0) is 15.6. The quantitative estimate of drug-likeness (QED) is 0.939. The molecule has 120 valence electrons. The summed E-state index contributed by atoms with van der Waals surface area (Å²) in [6.45, 7) is 0.878. The number of nitrogens with one attached hydrogen (secondary N) is 1. The number of benzene rings is 1. The van der Waals surface area contributed by atoms with Crippen molar-refractivity contribution in [3.8, 4) is 11.3 Å². The molecule has 23 heavy (non-hydrogen) atoms. The Morgan fingerprint density at radius 3 is 2.65 bits per heavy atom. The lowest BCUT2D eigenvalue weighted by molar-refractivity contribution is 0.0619. The molecule has 2 fully saturated rings. The van der Waals surface area contributed by atoms with Crippen LogP contribution in [0.1, 0.15) is 25.7 Å². The number of anilines is 1. The summed E-state index contributed by atoms with van der Waals surface area (Å²) in [6.07, 6.45) is 5.07. The average Bonchev–Trinajstić information content (AvgIpc) is 3.06. The molecule has 2 aromatic rings. The van der Waals surface area contributed by atoms with Crippen molar-refractivity contribution in [3.63, 3.8) is 0 Å². The number of hydrogen-bond acceptors (Lipinski definition) is 4. The summed E-state index contributed by atoms with van der Waals surface area (Å²) in [6, 6.07) is 10.6. The molecule has 4 nitrogen and oxygen atoms in total. The molecule has 1 saturated carbocycles. The fourth-order valence-electron chi connectivity index (χ4n) is 3.73. The van der Waals surface area contributed by atoms with E-state index in [2.05, 4.69) is 15.5 Å². The first-order valence-corrected chi connectivity index (χ1v) is 8.27. The number of aromatic nitrogens is 2. The van der Waals surface area contributed by atoms with E-state index in [4.69, 9.17) is 4.74 Å². The summed E-state index contributed by atoms with van der Waals surface area (Å²) in [5.74, 6) is 1.14. The van der Waals surface area contributed by atoms with Crippen LogP contribution in [0.2, 0.25) is 0 Å². The third kappa shape index (κ3) is 3.06. The summed E-state index contributed by atoms with van der Waals surface area (Å²) in [4.78, 5) is 0. The minimum Gasteiger partial charge on any atom is -0.378 e. The Morgan fingerprint density at radius 2 is 1.87 bits per heavy atom. The summed E-state index contributed by atoms with van der Waals surface area (Å²) in [5.41, 5.74) is 1.62. The van der Waals surface area contributed by atoms with Crippen LogP contribution in [0.15, 0.2) is 36.4 Å². The number of ether oxygens (including phenoxy) is 1. The molecule has 3 unspecified atom stereocenters. The maximum atomic E-state index is 13.0. The van der Waals surface area contributed by atoms with Crippen molar-refractivity contribution < 1.29 is 9.13 Å². The van der Waals surface area contributed by atoms with Crippen molar-refractivity contribution in [2.45, 2.75) is 37.8 Å². The SMILES string of the molecule is Fc1ccc(-c2ccc(NC3CCCC4OCCC34)nn2)cc1. The van der Waals surface area contributed by atoms with E-state index in [1.54, 1.807) is 12.1 Å². The van der Waals surface area contributed by atoms with Crippen LogP contribution in [0.25, 0.3) is 11.3 Å². The summed E-state index contributed by atoms with van der Waals surface area (Å²) < 4.78 is 18.8. The second-order valence-corrected chi connectivity index (χ2v) is 6.35. The molecule has 1 aromatic carbocycles. The van der Waals surface area contributed by atoms with Gasteiger partial charge in [-0.1, -0.05) is 0 Å². The van der Waals surface area contributed by atoms with Gasteiger partial charge in [0.05, 0.1) is 11.8 Å². The highest BCUT2D eigenvalue weighted by Gasteiger charge is 2.37. The third-order valence-electron chi connectivity index (χ3n) is 4.92. The fraction of sp³-hybridized carbons (Fsp3) is 0.444. The maximum Gasteiger partial charge on any atom is 0.148 e. The van der Waals surface area contributed by atoms with Crippen LogP contribution in [0, 0.1) is 11.7 Å². The van der Waals surface area contributed by atoms with Crippen LogP contribution in [-0.2, 0) is 4.74 Å². The maximum absolute atomic E-state index is 13.0. The molecule has 0 spiro atoms. The second-order valence-electron chi connectivity index (χ2n) is 6.35. The van der Waals surface area contributed by atoms with Crippen molar-refractivity contribution in [1.29, 1.82) is 0 Å². The zero-order valence-electron chi connectivity index (χ0n) is 12.9. The smallest absolute Gasteiger partial charge is 0.148 e. The lowest BCUT2D eigenvalue weighted by atomic mass is 9.82. The molecule has 1 saturated heterocycles. The van der Waals surface area contributed by atoms with E-state index in [0.29, 0.717) is 18.1 Å². The predicted molar refractivity (Wildman–Crippen MR) is 86.5 cm³/mol. The molecule has 1 aliphatic carbocycles. The summed E-state index contributed by atoms with van der Waals surface area (Å²) in [5, 5.41) is 12.1. The highest BCUT2D eigenvalue weighted by molar-refractivity contribution is 5.59. The standard InChI is InChI=1S/C18H20FN3O/c19-13-6-4-12(5-7-13)15-8-9-18(22-21-15)20-16-2-1-3-17-14(16)10-11-23-17/h4-9,14,16-17H,1-3,10-11H2,(H,20,22). The lowest BCUT2D eigenvalue weighted by Gasteiger charge is -2.33. The van der Waals surface area contributed by atoms with E-state index in [-0.39, 0.29) is 5.82 Å². The highest BCUT2D eigenvalue weighted by atomic mass is 19.1. The van der Waals surface area contributed by atoms with E-state index in [9.17, 15) is 4.39 Å². The Balaban J connectivity index is 1.46. The van der Waals surface area contributed by atoms with Crippen LogP contribution < -0.4 is 5.32 Å². The van der Waals surface area contributed by atoms with Gasteiger partial charge in [-0.25, -0.2) is 4.39 Å². The number of fused-ring (bicyclic) bond motifs is 1. The Hall–Kier alpha value is -2.01. The van der Waals surface area contributed by atoms with Gasteiger partial charge in [-0.15, -0.1) is 10.2 Å². The molecule has 2 heterocycles. The van der Waals surface area contributed by atoms with E-state index < -0.39 is 0 Å². The van der Waals surface area contributed by atoms with Crippen LogP contribution in [0.4, 0.5) is 10.2 Å². The number of hydrogen-bond donors (Lipinski definition) is 1. The molecule has 2 aliphatic rings. The van der Waals surface area contributed by atoms with Gasteiger partial charge in [-0.05, 0) is 62.1 Å². The Labute approximate surface area is 135 Å². The van der Waals surface area contributed by atoms with Gasteiger partial charge in [0.1, 0.15) is 11.6 Å². The van der Waals surface area contributed by atoms with Crippen molar-refractivity contribution in [2.75, 3.05) is 11.9 Å². The van der Waals surface area contributed by atoms with E-state index in [1.165, 1.54) is 25.0 Å². The summed E-state index contributed by atoms with van der Waals surface area (Å²) >= 11 is 0. The number of rotatable bonds is 3. The Bertz CT molecular complexity index is 659. The molecule has 0 amide bonds. The zero-order valence-corrected chi connectivity index (χ0v) is 12.9. The fourth-order valence-corrected chi connectivity index (χ4v) is 3.73. The monoisotopic (exact) mass is 313 g/mol. The average molecular weight is 313 g/mol. The van der Waals surface area contributed by atoms with Crippen molar-refractivity contribution in [3.05, 3.63) is 42.2 Å². The number of halogens is 1. The van der Waals surface area contributed by atoms with Gasteiger partial charge in [-0.3, -0.25) is 0 Å². The summed E-state index contributed by atoms with van der Waals surface area (Å²) in [7, 11) is 0. The minimum atomic E-state index is -0.245. The van der Waals surface area contributed by atoms with E-state index in [0.717, 1.165) is 36.5 Å². The van der Waals surface area contributed by atoms with Gasteiger partial charge in [0, 0.05) is 24.1 Å². The molecule has 4 rings (SSSR count). The first kappa shape index (κ1) is 14.6. The van der Waals surface area contributed by atoms with Gasteiger partial charge in [0.25, 0.3) is 0 Å². The van der Waals surface area contributed by atoms with Crippen LogP contribution in [-0.4, -0.2) is 29.0 Å². The largest absolute Gasteiger partial charge is 0.378 e. The topological polar surface area (TPSA) is 47.0 Å². The Kier molecular flexibility index (Phi) is 3.95. The van der Waals surface area contributed by atoms with Crippen molar-refractivity contribution >= 4 is 5.82 Å². The number of nitrogens with zero attached hydrogens (tertiary/aromatic N) is 2. The normalized spacial score (nSPS) is 26.7. The van der Waals surface area contributed by atoms with Crippen LogP contribution >= 0.6 is 0 Å². The minimum absolute atomic E-state index is 0.245. The molecule has 0 radical (unpaired) electrons. The molecule has 1 aromatic heterocycles. The van der Waals surface area contributed by atoms with Crippen molar-refractivity contribution in [1.82, 2.24) is 10.2 Å². The van der Waals surface area contributed by atoms with E-state index >= 15 is 0 Å². The Morgan fingerprint density at radius 1 is 1.00 bits per heavy atom. The van der Waals surface area contributed by atoms with Gasteiger partial charge in [0.15, 0.2) is 0 Å². The molecule has 3 atom stereocenters. The lowest BCUT2D eigenvalue weighted by Crippen LogP contribution is -2.38. The van der Waals surface area contributed by atoms with Gasteiger partial charge < -0.3 is 10.1 Å². The first-order valence-electron chi connectivity index (χ1n) is 8.27. The van der Waals surface area contributed by atoms with Crippen LogP contribution in [0.3, 0.4) is 0 Å². The molecule has 0 bridgehead atoms. The molecule has 5 heteroatoms. The van der Waals surface area contributed by atoms with Crippen LogP contribution in [0.5, 0.6) is 0 Å². The van der Waals surface area contributed by atoms with Gasteiger partial charge in [0.2, 0.25) is 0 Å². The van der Waals surface area contributed by atoms with Gasteiger partial charge >= 0.3 is 0 Å². The predicted octanol–water partition coefficient (Wildman–Crippen LogP) is 3.65. The third-order valence-corrected chi connectivity index (χ3v) is 4.92. The molecular weight excluding hydrogens is 293 g/mol.